The van der Waals surface area contributed by atoms with Gasteiger partial charge in [-0.25, -0.2) is 0 Å². The van der Waals surface area contributed by atoms with Crippen LogP contribution in [0.3, 0.4) is 0 Å². The Bertz CT molecular complexity index is 1760. The molecule has 4 aromatic rings. The molecule has 0 bridgehead atoms. The quantitative estimate of drug-likeness (QED) is 0.298. The van der Waals surface area contributed by atoms with Crippen LogP contribution < -0.4 is 25.8 Å². The number of nitriles is 1. The third-order valence-electron chi connectivity index (χ3n) is 5.47. The predicted octanol–water partition coefficient (Wildman–Crippen LogP) is 3.01. The molecule has 3 aromatic heterocycles. The molecule has 9 nitrogen and oxygen atoms in total. The van der Waals surface area contributed by atoms with E-state index < -0.39 is 22.3 Å². The van der Waals surface area contributed by atoms with Gasteiger partial charge >= 0.3 is 0 Å². The summed E-state index contributed by atoms with van der Waals surface area (Å²) in [7, 11) is 0. The van der Waals surface area contributed by atoms with Crippen LogP contribution in [0.1, 0.15) is 15.7 Å². The van der Waals surface area contributed by atoms with Gasteiger partial charge in [-0.05, 0) is 35.0 Å². The fourth-order valence-corrected chi connectivity index (χ4v) is 6.65. The molecule has 1 aromatic carbocycles. The van der Waals surface area contributed by atoms with Crippen LogP contribution in [0.4, 0.5) is 11.4 Å². The number of benzene rings is 1. The Morgan fingerprint density at radius 3 is 2.64 bits per heavy atom. The number of nitro groups is 1. The topological polar surface area (TPSA) is 144 Å². The molecule has 1 amide bonds. The first-order valence-electron chi connectivity index (χ1n) is 10.4. The van der Waals surface area contributed by atoms with Crippen molar-refractivity contribution in [3.05, 3.63) is 104 Å². The zero-order valence-corrected chi connectivity index (χ0v) is 20.7. The van der Waals surface area contributed by atoms with Crippen LogP contribution in [0.15, 0.2) is 69.7 Å². The number of hydrogen-bond acceptors (Lipinski definition) is 9. The molecule has 0 aliphatic carbocycles. The van der Waals surface area contributed by atoms with Crippen molar-refractivity contribution in [1.82, 2.24) is 4.57 Å². The summed E-state index contributed by atoms with van der Waals surface area (Å²) < 4.78 is 1.87. The number of allylic oxidation sites excluding steroid dienone is 1. The van der Waals surface area contributed by atoms with E-state index in [1.165, 1.54) is 51.5 Å². The molecule has 0 fully saturated rings. The second-order valence-electron chi connectivity index (χ2n) is 7.61. The van der Waals surface area contributed by atoms with Crippen LogP contribution in [0.2, 0.25) is 0 Å². The molecule has 1 unspecified atom stereocenters. The zero-order chi connectivity index (χ0) is 25.4. The summed E-state index contributed by atoms with van der Waals surface area (Å²) in [6.45, 7) is 0. The minimum atomic E-state index is -0.804. The molecule has 1 aliphatic heterocycles. The number of amides is 1. The number of nitro benzene ring substituents is 1. The lowest BCUT2D eigenvalue weighted by Crippen LogP contribution is -2.40. The van der Waals surface area contributed by atoms with Crippen LogP contribution >= 0.6 is 34.0 Å². The summed E-state index contributed by atoms with van der Waals surface area (Å²) in [5, 5.41) is 27.6. The van der Waals surface area contributed by atoms with Gasteiger partial charge in [-0.3, -0.25) is 24.3 Å². The van der Waals surface area contributed by atoms with Crippen molar-refractivity contribution in [3.63, 3.8) is 0 Å². The summed E-state index contributed by atoms with van der Waals surface area (Å²) in [6, 6.07) is 15.0. The van der Waals surface area contributed by atoms with E-state index in [-0.39, 0.29) is 28.3 Å². The van der Waals surface area contributed by atoms with Gasteiger partial charge in [0, 0.05) is 27.6 Å². The van der Waals surface area contributed by atoms with Crippen molar-refractivity contribution < 1.29 is 9.72 Å². The molecule has 5 rings (SSSR count). The lowest BCUT2D eigenvalue weighted by Gasteiger charge is -2.24. The van der Waals surface area contributed by atoms with Gasteiger partial charge in [-0.1, -0.05) is 18.2 Å². The summed E-state index contributed by atoms with van der Waals surface area (Å²) in [6.07, 6.45) is 1.72. The van der Waals surface area contributed by atoms with E-state index in [9.17, 15) is 25.0 Å². The first-order chi connectivity index (χ1) is 17.4. The number of nitrogens with one attached hydrogen (secondary N) is 1. The summed E-state index contributed by atoms with van der Waals surface area (Å²) >= 11 is 3.92. The van der Waals surface area contributed by atoms with Crippen LogP contribution in [0, 0.1) is 21.4 Å². The van der Waals surface area contributed by atoms with Crippen LogP contribution in [0.5, 0.6) is 0 Å². The van der Waals surface area contributed by atoms with Crippen LogP contribution in [-0.4, -0.2) is 15.4 Å². The maximum Gasteiger partial charge on any atom is 0.274 e. The molecule has 178 valence electrons. The third-order valence-corrected chi connectivity index (χ3v) is 8.34. The number of carbonyl (C=O) groups is 1. The summed E-state index contributed by atoms with van der Waals surface area (Å²) in [5.74, 6) is -1.42. The summed E-state index contributed by atoms with van der Waals surface area (Å²) in [5.41, 5.74) is 6.20. The average Bonchev–Trinajstić information content (AvgIpc) is 3.62. The third kappa shape index (κ3) is 4.05. The molecule has 36 heavy (non-hydrogen) atoms. The fraction of sp³-hybridized carbons (Fsp3) is 0.0417. The van der Waals surface area contributed by atoms with Crippen molar-refractivity contribution in [2.75, 3.05) is 5.32 Å². The Hall–Kier alpha value is -4.31. The van der Waals surface area contributed by atoms with E-state index in [4.69, 9.17) is 5.73 Å². The molecule has 0 saturated heterocycles. The Morgan fingerprint density at radius 2 is 1.97 bits per heavy atom. The largest absolute Gasteiger partial charge is 0.384 e. The molecule has 0 spiro atoms. The van der Waals surface area contributed by atoms with E-state index >= 15 is 0 Å². The van der Waals surface area contributed by atoms with Gasteiger partial charge in [0.25, 0.3) is 17.2 Å². The van der Waals surface area contributed by atoms with Gasteiger partial charge in [0.15, 0.2) is 0 Å². The Labute approximate surface area is 215 Å². The second kappa shape index (κ2) is 9.38. The first-order valence-corrected chi connectivity index (χ1v) is 13.0. The number of thiophene rings is 2. The maximum atomic E-state index is 13.7. The van der Waals surface area contributed by atoms with Gasteiger partial charge in [0.05, 0.1) is 32.6 Å². The highest BCUT2D eigenvalue weighted by Crippen LogP contribution is 2.38. The van der Waals surface area contributed by atoms with Gasteiger partial charge < -0.3 is 11.1 Å². The van der Waals surface area contributed by atoms with Crippen molar-refractivity contribution in [2.24, 2.45) is 5.73 Å². The van der Waals surface area contributed by atoms with Gasteiger partial charge in [0.1, 0.15) is 10.5 Å². The number of anilines is 1. The monoisotopic (exact) mass is 533 g/mol. The van der Waals surface area contributed by atoms with Crippen LogP contribution in [-0.2, 0) is 4.79 Å². The number of nitrogens with two attached hydrogens (primary N) is 1. The second-order valence-corrected chi connectivity index (χ2v) is 10.6. The summed E-state index contributed by atoms with van der Waals surface area (Å²) in [4.78, 5) is 39.3. The molecule has 12 heteroatoms. The minimum absolute atomic E-state index is 0.0233. The Morgan fingerprint density at radius 1 is 1.19 bits per heavy atom. The highest BCUT2D eigenvalue weighted by Gasteiger charge is 2.36. The lowest BCUT2D eigenvalue weighted by molar-refractivity contribution is -0.384. The van der Waals surface area contributed by atoms with Gasteiger partial charge in [-0.15, -0.1) is 34.0 Å². The van der Waals surface area contributed by atoms with E-state index in [0.29, 0.717) is 14.1 Å². The fourth-order valence-electron chi connectivity index (χ4n) is 3.91. The van der Waals surface area contributed by atoms with Gasteiger partial charge in [-0.2, -0.15) is 5.26 Å². The SMILES string of the molecule is N#CC1=C(N)n2c(s/c(=C/c3cccs3)c2=O)=C(C(=O)Nc2cccc([N+](=O)[O-])c2)C1c1cccs1. The zero-order valence-electron chi connectivity index (χ0n) is 18.2. The van der Waals surface area contributed by atoms with Crippen LogP contribution in [0.25, 0.3) is 17.5 Å². The van der Waals surface area contributed by atoms with E-state index in [1.807, 2.05) is 22.9 Å². The number of carbonyl (C=O) groups excluding carboxylic acids is 1. The average molecular weight is 534 g/mol. The smallest absolute Gasteiger partial charge is 0.274 e. The van der Waals surface area contributed by atoms with Crippen molar-refractivity contribution in [1.29, 1.82) is 5.26 Å². The standard InChI is InChI=1S/C24H15N5O4S3/c25-12-16-19(17-7-3-9-35-17)20(22(30)27-13-4-1-5-14(10-13)29(32)33)24-28(21(16)26)23(31)18(36-24)11-15-6-2-8-34-15/h1-11,19H,26H2,(H,27,30)/b18-11+. The molecule has 0 radical (unpaired) electrons. The van der Waals surface area contributed by atoms with Crippen molar-refractivity contribution >= 4 is 68.8 Å². The van der Waals surface area contributed by atoms with Crippen molar-refractivity contribution in [3.8, 4) is 6.07 Å². The molecule has 1 atom stereocenters. The van der Waals surface area contributed by atoms with E-state index in [0.717, 1.165) is 16.2 Å². The number of non-ortho nitro benzene ring substituents is 1. The lowest BCUT2D eigenvalue weighted by atomic mass is 9.88. The predicted molar refractivity (Wildman–Crippen MR) is 141 cm³/mol. The number of thiazole rings is 1. The molecular formula is C24H15N5O4S3. The molecular weight excluding hydrogens is 518 g/mol. The number of aromatic nitrogens is 1. The normalized spacial score (nSPS) is 15.5. The van der Waals surface area contributed by atoms with E-state index in [2.05, 4.69) is 11.4 Å². The van der Waals surface area contributed by atoms with E-state index in [1.54, 1.807) is 18.2 Å². The molecule has 0 saturated carbocycles. The molecule has 3 N–H and O–H groups in total. The van der Waals surface area contributed by atoms with Gasteiger partial charge in [0.2, 0.25) is 0 Å². The Balaban J connectivity index is 1.77. The highest BCUT2D eigenvalue weighted by molar-refractivity contribution is 7.11. The number of nitrogens with zero attached hydrogens (tertiary/aromatic N) is 3. The first kappa shape index (κ1) is 23.4. The molecule has 1 aliphatic rings. The number of hydrogen-bond donors (Lipinski definition) is 2. The van der Waals surface area contributed by atoms with Crippen molar-refractivity contribution in [2.45, 2.75) is 5.92 Å². The minimum Gasteiger partial charge on any atom is -0.384 e. The number of fused-ring (bicyclic) bond motifs is 1. The highest BCUT2D eigenvalue weighted by atomic mass is 32.1. The Kier molecular flexibility index (Phi) is 6.11. The molecule has 4 heterocycles. The maximum absolute atomic E-state index is 13.7. The number of rotatable bonds is 5.